The van der Waals surface area contributed by atoms with E-state index < -0.39 is 12.0 Å². The SMILES string of the molecule is CCCC1=C(C(=O)OCC)[C@@H](c2cccs2)n2c(s/c(=C/c3cc(Br)c(Sc4ccccc4)o3)c2=O)=N1. The maximum Gasteiger partial charge on any atom is 0.338 e. The highest BCUT2D eigenvalue weighted by atomic mass is 79.9. The number of allylic oxidation sites excluding steroid dienone is 1. The topological polar surface area (TPSA) is 73.8 Å². The molecule has 190 valence electrons. The van der Waals surface area contributed by atoms with Gasteiger partial charge in [-0.3, -0.25) is 9.36 Å². The smallest absolute Gasteiger partial charge is 0.338 e. The number of hydrogen-bond donors (Lipinski definition) is 0. The summed E-state index contributed by atoms with van der Waals surface area (Å²) in [6.07, 6.45) is 3.17. The third-order valence-corrected chi connectivity index (χ3v) is 9.36. The van der Waals surface area contributed by atoms with E-state index in [0.29, 0.717) is 37.9 Å². The molecule has 0 N–H and O–H groups in total. The van der Waals surface area contributed by atoms with Gasteiger partial charge in [0.1, 0.15) is 11.8 Å². The van der Waals surface area contributed by atoms with E-state index in [9.17, 15) is 9.59 Å². The predicted octanol–water partition coefficient (Wildman–Crippen LogP) is 6.15. The number of carbonyl (C=O) groups excluding carboxylic acids is 1. The third kappa shape index (κ3) is 5.34. The van der Waals surface area contributed by atoms with Gasteiger partial charge in [-0.2, -0.15) is 0 Å². The summed E-state index contributed by atoms with van der Waals surface area (Å²) in [5.74, 6) is 0.126. The van der Waals surface area contributed by atoms with Gasteiger partial charge in [0.05, 0.1) is 26.9 Å². The minimum absolute atomic E-state index is 0.218. The number of rotatable bonds is 8. The van der Waals surface area contributed by atoms with Crippen LogP contribution in [0.25, 0.3) is 6.08 Å². The van der Waals surface area contributed by atoms with E-state index in [4.69, 9.17) is 14.1 Å². The molecule has 4 heterocycles. The lowest BCUT2D eigenvalue weighted by Gasteiger charge is -2.24. The van der Waals surface area contributed by atoms with Gasteiger partial charge in [0.15, 0.2) is 9.89 Å². The Hall–Kier alpha value is -2.66. The van der Waals surface area contributed by atoms with Gasteiger partial charge < -0.3 is 9.15 Å². The molecule has 0 spiro atoms. The second-order valence-electron chi connectivity index (χ2n) is 8.13. The number of aromatic nitrogens is 1. The Bertz CT molecular complexity index is 1630. The molecule has 0 unspecified atom stereocenters. The van der Waals surface area contributed by atoms with Gasteiger partial charge in [0.25, 0.3) is 5.56 Å². The number of nitrogens with zero attached hydrogens (tertiary/aromatic N) is 2. The van der Waals surface area contributed by atoms with Crippen molar-refractivity contribution in [3.63, 3.8) is 0 Å². The Balaban J connectivity index is 1.62. The Kier molecular flexibility index (Phi) is 7.99. The lowest BCUT2D eigenvalue weighted by Crippen LogP contribution is -2.39. The van der Waals surface area contributed by atoms with Crippen LogP contribution in [-0.4, -0.2) is 17.1 Å². The first-order valence-electron chi connectivity index (χ1n) is 11.8. The van der Waals surface area contributed by atoms with Crippen LogP contribution in [-0.2, 0) is 9.53 Å². The molecule has 3 aromatic heterocycles. The second-order valence-corrected chi connectivity index (χ2v) is 12.0. The number of fused-ring (bicyclic) bond motifs is 1. The zero-order valence-corrected chi connectivity index (χ0v) is 24.1. The lowest BCUT2D eigenvalue weighted by atomic mass is 9.99. The fraction of sp³-hybridized carbons (Fsp3) is 0.222. The van der Waals surface area contributed by atoms with Gasteiger partial charge >= 0.3 is 5.97 Å². The van der Waals surface area contributed by atoms with Crippen LogP contribution in [0.3, 0.4) is 0 Å². The van der Waals surface area contributed by atoms with Crippen molar-refractivity contribution in [2.24, 2.45) is 4.99 Å². The average Bonchev–Trinajstić information content (AvgIpc) is 3.60. The van der Waals surface area contributed by atoms with Crippen LogP contribution >= 0.6 is 50.4 Å². The number of carbonyl (C=O) groups is 1. The number of halogens is 1. The fourth-order valence-corrected chi connectivity index (χ4v) is 7.25. The minimum atomic E-state index is -0.577. The van der Waals surface area contributed by atoms with Gasteiger partial charge in [-0.25, -0.2) is 9.79 Å². The second kappa shape index (κ2) is 11.4. The number of furan rings is 1. The lowest BCUT2D eigenvalue weighted by molar-refractivity contribution is -0.139. The normalized spacial score (nSPS) is 15.5. The zero-order valence-electron chi connectivity index (χ0n) is 20.1. The maximum absolute atomic E-state index is 13.8. The predicted molar refractivity (Wildman–Crippen MR) is 151 cm³/mol. The van der Waals surface area contributed by atoms with Crippen molar-refractivity contribution in [1.29, 1.82) is 0 Å². The van der Waals surface area contributed by atoms with Crippen molar-refractivity contribution < 1.29 is 13.9 Å². The molecule has 0 radical (unpaired) electrons. The van der Waals surface area contributed by atoms with Crippen molar-refractivity contribution in [3.05, 3.63) is 100.0 Å². The van der Waals surface area contributed by atoms with E-state index in [1.165, 1.54) is 34.4 Å². The molecule has 4 aromatic rings. The average molecular weight is 616 g/mol. The van der Waals surface area contributed by atoms with Crippen LogP contribution in [0.1, 0.15) is 43.4 Å². The highest BCUT2D eigenvalue weighted by Gasteiger charge is 2.34. The van der Waals surface area contributed by atoms with Crippen molar-refractivity contribution in [2.75, 3.05) is 6.61 Å². The van der Waals surface area contributed by atoms with Crippen LogP contribution in [0, 0.1) is 0 Å². The number of thiazole rings is 1. The van der Waals surface area contributed by atoms with Gasteiger partial charge in [0.2, 0.25) is 0 Å². The van der Waals surface area contributed by atoms with Crippen molar-refractivity contribution in [3.8, 4) is 0 Å². The van der Waals surface area contributed by atoms with Crippen LogP contribution in [0.4, 0.5) is 0 Å². The maximum atomic E-state index is 13.8. The van der Waals surface area contributed by atoms with E-state index >= 15 is 0 Å². The number of hydrogen-bond acceptors (Lipinski definition) is 8. The summed E-state index contributed by atoms with van der Waals surface area (Å²) in [6.45, 7) is 4.07. The van der Waals surface area contributed by atoms with E-state index in [2.05, 4.69) is 15.9 Å². The largest absolute Gasteiger partial charge is 0.463 e. The van der Waals surface area contributed by atoms with E-state index in [-0.39, 0.29) is 12.2 Å². The number of ether oxygens (including phenoxy) is 1. The molecule has 1 atom stereocenters. The molecule has 1 aliphatic rings. The summed E-state index contributed by atoms with van der Waals surface area (Å²) in [5, 5.41) is 2.65. The molecule has 0 amide bonds. The fourth-order valence-electron chi connectivity index (χ4n) is 4.07. The van der Waals surface area contributed by atoms with Crippen molar-refractivity contribution in [2.45, 2.75) is 42.7 Å². The molecule has 37 heavy (non-hydrogen) atoms. The summed E-state index contributed by atoms with van der Waals surface area (Å²) in [5.41, 5.74) is 0.895. The van der Waals surface area contributed by atoms with Crippen LogP contribution in [0.5, 0.6) is 0 Å². The van der Waals surface area contributed by atoms with Gasteiger partial charge in [-0.1, -0.05) is 60.7 Å². The third-order valence-electron chi connectivity index (χ3n) is 5.61. The molecule has 1 aromatic carbocycles. The summed E-state index contributed by atoms with van der Waals surface area (Å²) in [4.78, 5) is 34.2. The summed E-state index contributed by atoms with van der Waals surface area (Å²) >= 11 is 7.88. The minimum Gasteiger partial charge on any atom is -0.463 e. The first-order valence-corrected chi connectivity index (χ1v) is 15.1. The highest BCUT2D eigenvalue weighted by molar-refractivity contribution is 9.10. The Labute approximate surface area is 234 Å². The number of benzene rings is 1. The Morgan fingerprint density at radius 3 is 2.76 bits per heavy atom. The molecular weight excluding hydrogens is 592 g/mol. The number of esters is 1. The number of thiophene rings is 1. The van der Waals surface area contributed by atoms with Crippen LogP contribution < -0.4 is 14.9 Å². The Morgan fingerprint density at radius 1 is 1.24 bits per heavy atom. The standard InChI is InChI=1S/C27H23BrN2O4S3/c1-3-9-19-22(25(32)33-4-2)23(20-12-8-13-35-20)30-24(31)21(37-27(30)29-19)15-16-14-18(28)26(34-16)36-17-10-6-5-7-11-17/h5-8,10-15,23H,3-4,9H2,1-2H3/b21-15+/t23-/m1/s1. The molecule has 0 aliphatic carbocycles. The monoisotopic (exact) mass is 614 g/mol. The first kappa shape index (κ1) is 26.0. The zero-order chi connectivity index (χ0) is 25.9. The molecule has 0 fully saturated rings. The molecule has 0 saturated carbocycles. The van der Waals surface area contributed by atoms with E-state index in [1.54, 1.807) is 17.6 Å². The molecule has 0 saturated heterocycles. The quantitative estimate of drug-likeness (QED) is 0.223. The first-order chi connectivity index (χ1) is 18.0. The van der Waals surface area contributed by atoms with Gasteiger partial charge in [0, 0.05) is 15.8 Å². The summed E-state index contributed by atoms with van der Waals surface area (Å²) in [7, 11) is 0. The van der Waals surface area contributed by atoms with Crippen molar-refractivity contribution in [1.82, 2.24) is 4.57 Å². The van der Waals surface area contributed by atoms with Crippen molar-refractivity contribution >= 4 is 62.4 Å². The summed E-state index contributed by atoms with van der Waals surface area (Å²) in [6, 6.07) is 15.1. The summed E-state index contributed by atoms with van der Waals surface area (Å²) < 4.78 is 14.4. The Morgan fingerprint density at radius 2 is 2.05 bits per heavy atom. The van der Waals surface area contributed by atoms with E-state index in [0.717, 1.165) is 20.7 Å². The van der Waals surface area contributed by atoms with Gasteiger partial charge in [-0.05, 0) is 58.9 Å². The van der Waals surface area contributed by atoms with E-state index in [1.807, 2.05) is 60.8 Å². The molecule has 1 aliphatic heterocycles. The molecule has 0 bridgehead atoms. The molecule has 5 rings (SSSR count). The van der Waals surface area contributed by atoms with Crippen LogP contribution in [0.15, 0.2) is 93.8 Å². The highest BCUT2D eigenvalue weighted by Crippen LogP contribution is 2.36. The van der Waals surface area contributed by atoms with Crippen LogP contribution in [0.2, 0.25) is 0 Å². The molecular formula is C27H23BrN2O4S3. The molecule has 6 nitrogen and oxygen atoms in total. The van der Waals surface area contributed by atoms with Gasteiger partial charge in [-0.15, -0.1) is 11.3 Å². The molecule has 10 heteroatoms.